The molecule has 0 unspecified atom stereocenters. The van der Waals surface area contributed by atoms with Crippen molar-refractivity contribution in [2.24, 2.45) is 0 Å². The highest BCUT2D eigenvalue weighted by atomic mass is 32.1. The van der Waals surface area contributed by atoms with E-state index < -0.39 is 11.9 Å². The molecule has 0 saturated carbocycles. The summed E-state index contributed by atoms with van der Waals surface area (Å²) >= 11 is 2.14. The maximum atomic E-state index is 11.7. The zero-order chi connectivity index (χ0) is 17.4. The molecule has 2 heterocycles. The average Bonchev–Trinajstić information content (AvgIpc) is 3.21. The van der Waals surface area contributed by atoms with E-state index in [2.05, 4.69) is 29.8 Å². The number of nitrogens with zero attached hydrogens (tertiary/aromatic N) is 4. The second-order valence-electron chi connectivity index (χ2n) is 4.20. The van der Waals surface area contributed by atoms with Crippen molar-refractivity contribution in [3.05, 3.63) is 11.4 Å². The summed E-state index contributed by atoms with van der Waals surface area (Å²) in [7, 11) is 0. The topological polar surface area (TPSA) is 128 Å². The minimum atomic E-state index is -0.516. The van der Waals surface area contributed by atoms with E-state index in [1.165, 1.54) is 0 Å². The molecule has 2 rings (SSSR count). The third-order valence-electron chi connectivity index (χ3n) is 2.61. The highest BCUT2D eigenvalue weighted by molar-refractivity contribution is 7.10. The number of esters is 2. The van der Waals surface area contributed by atoms with Crippen molar-refractivity contribution in [1.82, 2.24) is 19.2 Å². The Balaban J connectivity index is 1.84. The molecule has 0 aliphatic carbocycles. The fourth-order valence-electron chi connectivity index (χ4n) is 1.63. The maximum absolute atomic E-state index is 11.7. The normalized spacial score (nSPS) is 10.2. The van der Waals surface area contributed by atoms with Crippen LogP contribution in [-0.4, -0.2) is 57.4 Å². The van der Waals surface area contributed by atoms with Gasteiger partial charge in [0.2, 0.25) is 11.4 Å². The van der Waals surface area contributed by atoms with Gasteiger partial charge >= 0.3 is 11.9 Å². The standard InChI is InChI=1S/C12H16N6O4S2/c1-3-21-11(19)7-9(23-17-15-7)13-5-6-14-10-8(16-18-24-10)12(20)22-4-2/h13-14H,3-6H2,1-2H3. The first-order valence-electron chi connectivity index (χ1n) is 7.14. The van der Waals surface area contributed by atoms with E-state index in [0.29, 0.717) is 23.1 Å². The van der Waals surface area contributed by atoms with Gasteiger partial charge in [0.25, 0.3) is 0 Å². The van der Waals surface area contributed by atoms with Crippen LogP contribution < -0.4 is 10.6 Å². The molecule has 2 aromatic rings. The van der Waals surface area contributed by atoms with Crippen molar-refractivity contribution < 1.29 is 19.1 Å². The lowest BCUT2D eigenvalue weighted by Crippen LogP contribution is -2.16. The van der Waals surface area contributed by atoms with Crippen molar-refractivity contribution in [3.63, 3.8) is 0 Å². The third-order valence-corrected chi connectivity index (χ3v) is 3.98. The van der Waals surface area contributed by atoms with Crippen LogP contribution in [0.4, 0.5) is 10.0 Å². The molecule has 0 spiro atoms. The zero-order valence-corrected chi connectivity index (χ0v) is 14.7. The maximum Gasteiger partial charge on any atom is 0.362 e. The number of hydrogen-bond acceptors (Lipinski definition) is 12. The van der Waals surface area contributed by atoms with Crippen LogP contribution in [0.3, 0.4) is 0 Å². The predicted octanol–water partition coefficient (Wildman–Crippen LogP) is 1.27. The van der Waals surface area contributed by atoms with Crippen LogP contribution >= 0.6 is 23.1 Å². The molecule has 0 aromatic carbocycles. The van der Waals surface area contributed by atoms with Crippen molar-refractivity contribution in [2.45, 2.75) is 13.8 Å². The number of anilines is 2. The average molecular weight is 372 g/mol. The summed E-state index contributed by atoms with van der Waals surface area (Å²) in [6.45, 7) is 4.92. The molecule has 2 aromatic heterocycles. The Labute approximate surface area is 145 Å². The summed E-state index contributed by atoms with van der Waals surface area (Å²) in [5, 5.41) is 14.7. The smallest absolute Gasteiger partial charge is 0.362 e. The highest BCUT2D eigenvalue weighted by Gasteiger charge is 2.19. The molecule has 0 amide bonds. The summed E-state index contributed by atoms with van der Waals surface area (Å²) in [5.74, 6) is -1.03. The van der Waals surface area contributed by atoms with E-state index in [9.17, 15) is 9.59 Å². The van der Waals surface area contributed by atoms with Gasteiger partial charge in [-0.3, -0.25) is 0 Å². The van der Waals surface area contributed by atoms with E-state index >= 15 is 0 Å². The fraction of sp³-hybridized carbons (Fsp3) is 0.500. The van der Waals surface area contributed by atoms with Crippen LogP contribution in [0.5, 0.6) is 0 Å². The second kappa shape index (κ2) is 9.08. The Morgan fingerprint density at radius 2 is 1.29 bits per heavy atom. The Bertz CT molecular complexity index is 630. The van der Waals surface area contributed by atoms with Gasteiger partial charge in [0.05, 0.1) is 13.2 Å². The third kappa shape index (κ3) is 4.58. The second-order valence-corrected chi connectivity index (χ2v) is 5.70. The van der Waals surface area contributed by atoms with Crippen molar-refractivity contribution in [3.8, 4) is 0 Å². The summed E-state index contributed by atoms with van der Waals surface area (Å²) in [5.41, 5.74) is 0.321. The number of rotatable bonds is 9. The lowest BCUT2D eigenvalue weighted by molar-refractivity contribution is 0.0511. The molecule has 10 nitrogen and oxygen atoms in total. The lowest BCUT2D eigenvalue weighted by atomic mass is 10.4. The first-order valence-corrected chi connectivity index (χ1v) is 8.68. The van der Waals surface area contributed by atoms with Crippen LogP contribution in [-0.2, 0) is 9.47 Å². The number of ether oxygens (including phenoxy) is 2. The molecule has 130 valence electrons. The monoisotopic (exact) mass is 372 g/mol. The van der Waals surface area contributed by atoms with E-state index in [-0.39, 0.29) is 24.6 Å². The van der Waals surface area contributed by atoms with Gasteiger partial charge in [0, 0.05) is 36.2 Å². The molecule has 0 radical (unpaired) electrons. The van der Waals surface area contributed by atoms with E-state index in [1.54, 1.807) is 13.8 Å². The fourth-order valence-corrected chi connectivity index (χ4v) is 2.79. The zero-order valence-electron chi connectivity index (χ0n) is 13.1. The first-order chi connectivity index (χ1) is 11.7. The van der Waals surface area contributed by atoms with Gasteiger partial charge in [-0.05, 0) is 13.8 Å². The summed E-state index contributed by atoms with van der Waals surface area (Å²) in [6.07, 6.45) is 0. The van der Waals surface area contributed by atoms with Crippen LogP contribution in [0.1, 0.15) is 34.8 Å². The van der Waals surface area contributed by atoms with Gasteiger partial charge < -0.3 is 20.1 Å². The van der Waals surface area contributed by atoms with E-state index in [0.717, 1.165) is 23.1 Å². The molecular weight excluding hydrogens is 356 g/mol. The Morgan fingerprint density at radius 1 is 0.875 bits per heavy atom. The van der Waals surface area contributed by atoms with Gasteiger partial charge in [-0.1, -0.05) is 8.98 Å². The van der Waals surface area contributed by atoms with E-state index in [4.69, 9.17) is 9.47 Å². The van der Waals surface area contributed by atoms with Gasteiger partial charge in [-0.2, -0.15) is 0 Å². The number of carbonyl (C=O) groups is 2. The number of hydrogen-bond donors (Lipinski definition) is 2. The Hall–Kier alpha value is -2.34. The quantitative estimate of drug-likeness (QED) is 0.490. The minimum Gasteiger partial charge on any atom is -0.461 e. The number of aromatic nitrogens is 4. The largest absolute Gasteiger partial charge is 0.461 e. The van der Waals surface area contributed by atoms with Crippen molar-refractivity contribution >= 4 is 45.0 Å². The molecule has 12 heteroatoms. The van der Waals surface area contributed by atoms with Crippen LogP contribution in [0.15, 0.2) is 0 Å². The Kier molecular flexibility index (Phi) is 6.81. The SMILES string of the molecule is CCOC(=O)c1nnsc1NCCNc1snnc1C(=O)OCC. The van der Waals surface area contributed by atoms with Gasteiger partial charge in [-0.25, -0.2) is 9.59 Å². The predicted molar refractivity (Wildman–Crippen MR) is 88.7 cm³/mol. The molecule has 24 heavy (non-hydrogen) atoms. The summed E-state index contributed by atoms with van der Waals surface area (Å²) in [4.78, 5) is 23.4. The van der Waals surface area contributed by atoms with E-state index in [1.807, 2.05) is 0 Å². The van der Waals surface area contributed by atoms with Crippen LogP contribution in [0.2, 0.25) is 0 Å². The summed E-state index contributed by atoms with van der Waals surface area (Å²) in [6, 6.07) is 0. The van der Waals surface area contributed by atoms with Crippen LogP contribution in [0.25, 0.3) is 0 Å². The van der Waals surface area contributed by atoms with Crippen molar-refractivity contribution in [2.75, 3.05) is 36.9 Å². The number of carbonyl (C=O) groups excluding carboxylic acids is 2. The summed E-state index contributed by atoms with van der Waals surface area (Å²) < 4.78 is 17.3. The van der Waals surface area contributed by atoms with Crippen LogP contribution in [0, 0.1) is 0 Å². The molecule has 0 bridgehead atoms. The molecule has 0 aliphatic heterocycles. The van der Waals surface area contributed by atoms with Gasteiger partial charge in [-0.15, -0.1) is 10.2 Å². The molecular formula is C12H16N6O4S2. The minimum absolute atomic E-state index is 0.161. The Morgan fingerprint density at radius 3 is 1.67 bits per heavy atom. The first kappa shape index (κ1) is 18.0. The van der Waals surface area contributed by atoms with Crippen molar-refractivity contribution in [1.29, 1.82) is 0 Å². The highest BCUT2D eigenvalue weighted by Crippen LogP contribution is 2.20. The van der Waals surface area contributed by atoms with Gasteiger partial charge in [0.15, 0.2) is 0 Å². The molecule has 0 aliphatic rings. The lowest BCUT2D eigenvalue weighted by Gasteiger charge is -2.07. The van der Waals surface area contributed by atoms with Gasteiger partial charge in [0.1, 0.15) is 10.0 Å². The molecule has 2 N–H and O–H groups in total. The molecule has 0 saturated heterocycles. The molecule has 0 fully saturated rings. The molecule has 0 atom stereocenters. The number of nitrogens with one attached hydrogen (secondary N) is 2.